The number of nitrogen functional groups attached to an aromatic ring is 1. The summed E-state index contributed by atoms with van der Waals surface area (Å²) in [7, 11) is 2.20. The van der Waals surface area contributed by atoms with E-state index in [0.717, 1.165) is 78.5 Å². The van der Waals surface area contributed by atoms with Crippen LogP contribution in [0.2, 0.25) is 0 Å². The first kappa shape index (κ1) is 29.0. The highest BCUT2D eigenvalue weighted by atomic mass is 32.1. The number of rotatable bonds is 6. The van der Waals surface area contributed by atoms with Crippen molar-refractivity contribution in [3.63, 3.8) is 0 Å². The first-order valence-corrected chi connectivity index (χ1v) is 16.8. The maximum Gasteiger partial charge on any atom is 0.188 e. The van der Waals surface area contributed by atoms with Gasteiger partial charge in [0.05, 0.1) is 21.6 Å². The van der Waals surface area contributed by atoms with Gasteiger partial charge >= 0.3 is 0 Å². The Labute approximate surface area is 270 Å². The van der Waals surface area contributed by atoms with E-state index in [0.29, 0.717) is 39.7 Å². The summed E-state index contributed by atoms with van der Waals surface area (Å²) in [5, 5.41) is 9.91. The Morgan fingerprint density at radius 3 is 2.43 bits per heavy atom. The molecule has 8 rings (SSSR count). The number of thiazole rings is 1. The number of aromatic nitrogens is 5. The molecule has 3 N–H and O–H groups in total. The Morgan fingerprint density at radius 2 is 1.63 bits per heavy atom. The largest absolute Gasteiger partial charge is 0.383 e. The van der Waals surface area contributed by atoms with Crippen LogP contribution in [-0.4, -0.2) is 73.8 Å². The van der Waals surface area contributed by atoms with Crippen LogP contribution in [0, 0.1) is 5.82 Å². The molecule has 9 nitrogen and oxygen atoms in total. The van der Waals surface area contributed by atoms with Crippen molar-refractivity contribution in [2.75, 3.05) is 44.3 Å². The van der Waals surface area contributed by atoms with Crippen LogP contribution in [0.25, 0.3) is 43.6 Å². The van der Waals surface area contributed by atoms with Crippen LogP contribution in [0.4, 0.5) is 21.0 Å². The van der Waals surface area contributed by atoms with E-state index >= 15 is 4.39 Å². The number of likely N-dealkylation sites (N-methyl/N-ethyl adjacent to an activating group) is 1. The lowest BCUT2D eigenvalue weighted by molar-refractivity contribution is 0.0815. The zero-order valence-corrected chi connectivity index (χ0v) is 26.6. The van der Waals surface area contributed by atoms with Crippen molar-refractivity contribution in [2.24, 2.45) is 0 Å². The zero-order valence-electron chi connectivity index (χ0n) is 25.7. The van der Waals surface area contributed by atoms with Crippen LogP contribution in [0.5, 0.6) is 0 Å². The van der Waals surface area contributed by atoms with E-state index in [9.17, 15) is 0 Å². The molecule has 1 saturated carbocycles. The quantitative estimate of drug-likeness (QED) is 0.203. The van der Waals surface area contributed by atoms with Crippen molar-refractivity contribution >= 4 is 49.2 Å². The molecule has 6 aromatic rings. The van der Waals surface area contributed by atoms with Gasteiger partial charge in [0.25, 0.3) is 0 Å². The molecule has 3 aromatic heterocycles. The summed E-state index contributed by atoms with van der Waals surface area (Å²) in [6.45, 7) is 4.52. The fourth-order valence-electron chi connectivity index (χ4n) is 7.06. The number of nitrogens with zero attached hydrogens (tertiary/aromatic N) is 7. The maximum absolute atomic E-state index is 16.1. The van der Waals surface area contributed by atoms with Gasteiger partial charge in [-0.05, 0) is 57.0 Å². The minimum atomic E-state index is -0.346. The molecule has 0 unspecified atom stereocenters. The van der Waals surface area contributed by atoms with Gasteiger partial charge in [-0.1, -0.05) is 53.8 Å². The summed E-state index contributed by atoms with van der Waals surface area (Å²) in [6.07, 6.45) is 5.78. The maximum atomic E-state index is 16.1. The van der Waals surface area contributed by atoms with Crippen molar-refractivity contribution in [2.45, 2.75) is 37.8 Å². The normalized spacial score (nSPS) is 19.6. The third-order valence-corrected chi connectivity index (χ3v) is 10.5. The summed E-state index contributed by atoms with van der Waals surface area (Å²) in [4.78, 5) is 18.7. The van der Waals surface area contributed by atoms with Crippen molar-refractivity contribution < 1.29 is 4.39 Å². The van der Waals surface area contributed by atoms with Crippen molar-refractivity contribution in [1.29, 1.82) is 0 Å². The highest BCUT2D eigenvalue weighted by molar-refractivity contribution is 7.22. The smallest absolute Gasteiger partial charge is 0.188 e. The first-order chi connectivity index (χ1) is 22.5. The number of nitrogens with one attached hydrogen (secondary N) is 1. The second-order valence-corrected chi connectivity index (χ2v) is 13.4. The number of anilines is 3. The van der Waals surface area contributed by atoms with E-state index in [4.69, 9.17) is 15.8 Å². The number of hydrogen-bond acceptors (Lipinski definition) is 9. The average Bonchev–Trinajstić information content (AvgIpc) is 3.68. The summed E-state index contributed by atoms with van der Waals surface area (Å²) in [6, 6.07) is 21.8. The van der Waals surface area contributed by atoms with E-state index in [1.54, 1.807) is 17.4 Å². The monoisotopic (exact) mass is 633 g/mol. The Balaban J connectivity index is 1.08. The lowest BCUT2D eigenvalue weighted by Gasteiger charge is -2.41. The average molecular weight is 634 g/mol. The minimum Gasteiger partial charge on any atom is -0.383 e. The molecule has 0 atom stereocenters. The van der Waals surface area contributed by atoms with Gasteiger partial charge < -0.3 is 16.0 Å². The summed E-state index contributed by atoms with van der Waals surface area (Å²) in [5.41, 5.74) is 11.4. The van der Waals surface area contributed by atoms with E-state index in [2.05, 4.69) is 32.1 Å². The standard InChI is InChI=1S/C35H36FN9S/c1-43-16-18-44(19-17-43)23-11-13-24(14-12-23)45-34-31(33(37)38-21-39-34)32(42-45)22-10-15-25(27(36)20-22)26-6-2-3-7-28(26)40-35-41-29-8-4-5-9-30(29)46-35/h2-10,15,20-21,23-24H,11-14,16-19H2,1H3,(H,40,41)(H2,37,38,39). The van der Waals surface area contributed by atoms with E-state index in [-0.39, 0.29) is 11.9 Å². The molecule has 11 heteroatoms. The number of nitrogens with two attached hydrogens (primary N) is 1. The highest BCUT2D eigenvalue weighted by Gasteiger charge is 2.31. The van der Waals surface area contributed by atoms with Crippen LogP contribution in [0.1, 0.15) is 31.7 Å². The predicted octanol–water partition coefficient (Wildman–Crippen LogP) is 6.97. The Kier molecular flexibility index (Phi) is 7.59. The number of benzene rings is 3. The molecule has 0 bridgehead atoms. The Morgan fingerprint density at radius 1 is 0.870 bits per heavy atom. The lowest BCUT2D eigenvalue weighted by atomic mass is 9.90. The molecule has 2 aliphatic rings. The number of fused-ring (bicyclic) bond motifs is 2. The Hall–Kier alpha value is -4.45. The van der Waals surface area contributed by atoms with Crippen LogP contribution in [-0.2, 0) is 0 Å². The SMILES string of the molecule is CN1CCN(C2CCC(n3nc(-c4ccc(-c5ccccc5Nc5nc6ccccc6s5)c(F)c4)c4c(N)ncnc43)CC2)CC1. The fraction of sp³-hybridized carbons (Fsp3) is 0.314. The zero-order chi connectivity index (χ0) is 31.2. The van der Waals surface area contributed by atoms with Gasteiger partial charge in [-0.15, -0.1) is 0 Å². The molecule has 0 radical (unpaired) electrons. The number of para-hydroxylation sites is 2. The van der Waals surface area contributed by atoms with Crippen LogP contribution < -0.4 is 11.1 Å². The second kappa shape index (κ2) is 12.1. The molecule has 234 valence electrons. The first-order valence-electron chi connectivity index (χ1n) is 15.9. The molecule has 1 saturated heterocycles. The van der Waals surface area contributed by atoms with Crippen molar-refractivity contribution in [1.82, 2.24) is 34.5 Å². The lowest BCUT2D eigenvalue weighted by Crippen LogP contribution is -2.49. The molecule has 2 fully saturated rings. The molecule has 0 amide bonds. The van der Waals surface area contributed by atoms with Crippen molar-refractivity contribution in [3.05, 3.63) is 78.9 Å². The third kappa shape index (κ3) is 5.38. The van der Waals surface area contributed by atoms with Crippen LogP contribution in [0.3, 0.4) is 0 Å². The summed E-state index contributed by atoms with van der Waals surface area (Å²) in [5.74, 6) is 0.00842. The van der Waals surface area contributed by atoms with Crippen LogP contribution in [0.15, 0.2) is 73.1 Å². The molecular formula is C35H36FN9S. The van der Waals surface area contributed by atoms with Gasteiger partial charge in [0, 0.05) is 54.6 Å². The van der Waals surface area contributed by atoms with Gasteiger partial charge in [-0.25, -0.2) is 24.0 Å². The van der Waals surface area contributed by atoms with Gasteiger partial charge in [0.2, 0.25) is 0 Å². The van der Waals surface area contributed by atoms with Gasteiger partial charge in [0.15, 0.2) is 10.8 Å². The third-order valence-electron chi connectivity index (χ3n) is 9.58. The minimum absolute atomic E-state index is 0.207. The predicted molar refractivity (Wildman–Crippen MR) is 184 cm³/mol. The molecular weight excluding hydrogens is 598 g/mol. The topological polar surface area (TPSA) is 101 Å². The summed E-state index contributed by atoms with van der Waals surface area (Å²) < 4.78 is 19.2. The van der Waals surface area contributed by atoms with E-state index < -0.39 is 0 Å². The van der Waals surface area contributed by atoms with E-state index in [1.165, 1.54) is 6.33 Å². The van der Waals surface area contributed by atoms with Gasteiger partial charge in [0.1, 0.15) is 23.7 Å². The number of hydrogen-bond donors (Lipinski definition) is 2. The van der Waals surface area contributed by atoms with Gasteiger partial charge in [-0.2, -0.15) is 5.10 Å². The molecule has 0 spiro atoms. The van der Waals surface area contributed by atoms with Crippen LogP contribution >= 0.6 is 11.3 Å². The number of piperazine rings is 1. The van der Waals surface area contributed by atoms with Crippen molar-refractivity contribution in [3.8, 4) is 22.4 Å². The Bertz CT molecular complexity index is 1990. The second-order valence-electron chi connectivity index (χ2n) is 12.4. The highest BCUT2D eigenvalue weighted by Crippen LogP contribution is 2.39. The summed E-state index contributed by atoms with van der Waals surface area (Å²) >= 11 is 1.57. The van der Waals surface area contributed by atoms with E-state index in [1.807, 2.05) is 65.3 Å². The molecule has 3 aromatic carbocycles. The fourth-order valence-corrected chi connectivity index (χ4v) is 7.93. The number of halogens is 1. The van der Waals surface area contributed by atoms with Gasteiger partial charge in [-0.3, -0.25) is 4.90 Å². The molecule has 46 heavy (non-hydrogen) atoms. The molecule has 1 aliphatic carbocycles. The molecule has 4 heterocycles. The molecule has 1 aliphatic heterocycles.